The zero-order chi connectivity index (χ0) is 13.1. The van der Waals surface area contributed by atoms with Gasteiger partial charge in [0.2, 0.25) is 0 Å². The lowest BCUT2D eigenvalue weighted by atomic mass is 10.3. The molecule has 2 N–H and O–H groups in total. The molecule has 0 aliphatic heterocycles. The van der Waals surface area contributed by atoms with Crippen molar-refractivity contribution in [3.05, 3.63) is 36.2 Å². The van der Waals surface area contributed by atoms with Gasteiger partial charge in [0.15, 0.2) is 5.69 Å². The minimum absolute atomic E-state index is 0.0166. The fourth-order valence-corrected chi connectivity index (χ4v) is 1.28. The van der Waals surface area contributed by atoms with Gasteiger partial charge in [0.25, 0.3) is 5.91 Å². The Bertz CT molecular complexity index is 553. The van der Waals surface area contributed by atoms with Crippen LogP contribution in [0.4, 0.5) is 8.78 Å². The molecule has 0 aliphatic rings. The molecule has 0 spiro atoms. The molecule has 0 unspecified atom stereocenters. The van der Waals surface area contributed by atoms with E-state index < -0.39 is 12.5 Å². The summed E-state index contributed by atoms with van der Waals surface area (Å²) in [5, 5.41) is 7.23. The number of nitrogens with two attached hydrogens (primary N) is 1. The molecule has 0 atom stereocenters. The van der Waals surface area contributed by atoms with Gasteiger partial charge in [-0.15, -0.1) is 5.10 Å². The predicted molar refractivity (Wildman–Crippen MR) is 56.5 cm³/mol. The Kier molecular flexibility index (Phi) is 3.18. The smallest absolute Gasteiger partial charge is 0.387 e. The molecular weight excluding hydrogens is 246 g/mol. The standard InChI is InChI=1S/C10H8F2N4O2/c11-10(12)18-7-3-1-6(2-4-7)16-5-8(9(13)17)14-15-16/h1-5,10H,(H2,13,17). The first kappa shape index (κ1) is 12.0. The molecular formula is C10H8F2N4O2. The predicted octanol–water partition coefficient (Wildman–Crippen LogP) is 0.968. The van der Waals surface area contributed by atoms with E-state index in [0.29, 0.717) is 5.69 Å². The Morgan fingerprint density at radius 2 is 2.00 bits per heavy atom. The van der Waals surface area contributed by atoms with Gasteiger partial charge in [0.05, 0.1) is 11.9 Å². The minimum Gasteiger partial charge on any atom is -0.435 e. The number of rotatable bonds is 4. The number of primary amides is 1. The van der Waals surface area contributed by atoms with Crippen molar-refractivity contribution in [2.75, 3.05) is 0 Å². The third kappa shape index (κ3) is 2.59. The minimum atomic E-state index is -2.87. The molecule has 1 aromatic carbocycles. The fourth-order valence-electron chi connectivity index (χ4n) is 1.28. The van der Waals surface area contributed by atoms with Gasteiger partial charge in [-0.2, -0.15) is 8.78 Å². The monoisotopic (exact) mass is 254 g/mol. The van der Waals surface area contributed by atoms with Crippen LogP contribution < -0.4 is 10.5 Å². The van der Waals surface area contributed by atoms with E-state index in [9.17, 15) is 13.6 Å². The van der Waals surface area contributed by atoms with Crippen LogP contribution in [-0.4, -0.2) is 27.5 Å². The van der Waals surface area contributed by atoms with Gasteiger partial charge >= 0.3 is 6.61 Å². The van der Waals surface area contributed by atoms with Crippen LogP contribution in [0.5, 0.6) is 5.75 Å². The molecule has 0 radical (unpaired) electrons. The second-order valence-electron chi connectivity index (χ2n) is 3.29. The Labute approximate surface area is 100.0 Å². The maximum atomic E-state index is 11.9. The van der Waals surface area contributed by atoms with Crippen LogP contribution in [-0.2, 0) is 0 Å². The van der Waals surface area contributed by atoms with Crippen molar-refractivity contribution in [3.8, 4) is 11.4 Å². The van der Waals surface area contributed by atoms with E-state index in [1.165, 1.54) is 35.1 Å². The van der Waals surface area contributed by atoms with Crippen LogP contribution in [0.25, 0.3) is 5.69 Å². The number of hydrogen-bond donors (Lipinski definition) is 1. The molecule has 2 rings (SSSR count). The molecule has 1 aromatic heterocycles. The number of alkyl halides is 2. The largest absolute Gasteiger partial charge is 0.435 e. The van der Waals surface area contributed by atoms with Gasteiger partial charge in [-0.3, -0.25) is 4.79 Å². The van der Waals surface area contributed by atoms with E-state index in [4.69, 9.17) is 5.73 Å². The average Bonchev–Trinajstić information content (AvgIpc) is 2.78. The lowest BCUT2D eigenvalue weighted by molar-refractivity contribution is -0.0498. The van der Waals surface area contributed by atoms with Crippen molar-refractivity contribution in [2.24, 2.45) is 5.73 Å². The Morgan fingerprint density at radius 3 is 2.50 bits per heavy atom. The molecule has 0 fully saturated rings. The molecule has 0 bridgehead atoms. The van der Waals surface area contributed by atoms with Crippen LogP contribution in [0.1, 0.15) is 10.5 Å². The molecule has 18 heavy (non-hydrogen) atoms. The van der Waals surface area contributed by atoms with Crippen molar-refractivity contribution in [2.45, 2.75) is 6.61 Å². The number of benzene rings is 1. The Morgan fingerprint density at radius 1 is 1.33 bits per heavy atom. The summed E-state index contributed by atoms with van der Waals surface area (Å²) in [5.74, 6) is -0.664. The third-order valence-corrected chi connectivity index (χ3v) is 2.07. The SMILES string of the molecule is NC(=O)c1cn(-c2ccc(OC(F)F)cc2)nn1. The maximum absolute atomic E-state index is 11.9. The molecule has 94 valence electrons. The van der Waals surface area contributed by atoms with Gasteiger partial charge in [-0.05, 0) is 24.3 Å². The van der Waals surface area contributed by atoms with Crippen LogP contribution in [0.3, 0.4) is 0 Å². The summed E-state index contributed by atoms with van der Waals surface area (Å²) in [6.07, 6.45) is 1.34. The second kappa shape index (κ2) is 4.78. The fraction of sp³-hybridized carbons (Fsp3) is 0.100. The summed E-state index contributed by atoms with van der Waals surface area (Å²) in [5.41, 5.74) is 5.58. The molecule has 0 aliphatic carbocycles. The topological polar surface area (TPSA) is 83.0 Å². The van der Waals surface area contributed by atoms with E-state index >= 15 is 0 Å². The summed E-state index contributed by atoms with van der Waals surface area (Å²) in [6, 6.07) is 5.70. The van der Waals surface area contributed by atoms with Crippen LogP contribution in [0.2, 0.25) is 0 Å². The van der Waals surface area contributed by atoms with E-state index in [0.717, 1.165) is 0 Å². The highest BCUT2D eigenvalue weighted by atomic mass is 19.3. The first-order valence-electron chi connectivity index (χ1n) is 4.83. The molecule has 6 nitrogen and oxygen atoms in total. The summed E-state index contributed by atoms with van der Waals surface area (Å²) in [7, 11) is 0. The quantitative estimate of drug-likeness (QED) is 0.881. The van der Waals surface area contributed by atoms with Crippen molar-refractivity contribution >= 4 is 5.91 Å². The van der Waals surface area contributed by atoms with Crippen LogP contribution >= 0.6 is 0 Å². The summed E-state index contributed by atoms with van der Waals surface area (Å²) in [6.45, 7) is -2.87. The third-order valence-electron chi connectivity index (χ3n) is 2.07. The molecule has 2 aromatic rings. The number of hydrogen-bond acceptors (Lipinski definition) is 4. The zero-order valence-corrected chi connectivity index (χ0v) is 8.96. The summed E-state index contributed by atoms with van der Waals surface area (Å²) >= 11 is 0. The van der Waals surface area contributed by atoms with Gasteiger partial charge < -0.3 is 10.5 Å². The molecule has 1 heterocycles. The first-order valence-corrected chi connectivity index (χ1v) is 4.83. The van der Waals surface area contributed by atoms with Crippen LogP contribution in [0.15, 0.2) is 30.5 Å². The Balaban J connectivity index is 2.20. The molecule has 0 saturated heterocycles. The van der Waals surface area contributed by atoms with Crippen molar-refractivity contribution in [1.29, 1.82) is 0 Å². The molecule has 0 saturated carbocycles. The maximum Gasteiger partial charge on any atom is 0.387 e. The number of aromatic nitrogens is 3. The molecule has 8 heteroatoms. The van der Waals surface area contributed by atoms with E-state index in [1.807, 2.05) is 0 Å². The normalized spacial score (nSPS) is 10.6. The van der Waals surface area contributed by atoms with Crippen LogP contribution in [0, 0.1) is 0 Å². The van der Waals surface area contributed by atoms with Crippen molar-refractivity contribution in [1.82, 2.24) is 15.0 Å². The van der Waals surface area contributed by atoms with Gasteiger partial charge in [-0.25, -0.2) is 4.68 Å². The van der Waals surface area contributed by atoms with Gasteiger partial charge in [0, 0.05) is 0 Å². The van der Waals surface area contributed by atoms with Crippen molar-refractivity contribution in [3.63, 3.8) is 0 Å². The highest BCUT2D eigenvalue weighted by molar-refractivity contribution is 5.90. The number of halogens is 2. The number of nitrogens with zero attached hydrogens (tertiary/aromatic N) is 3. The number of ether oxygens (including phenoxy) is 1. The lowest BCUT2D eigenvalue weighted by Gasteiger charge is -2.05. The summed E-state index contributed by atoms with van der Waals surface area (Å²) < 4.78 is 29.4. The number of amides is 1. The van der Waals surface area contributed by atoms with Gasteiger partial charge in [0.1, 0.15) is 5.75 Å². The molecule has 1 amide bonds. The van der Waals surface area contributed by atoms with E-state index in [-0.39, 0.29) is 11.4 Å². The number of carbonyl (C=O) groups excluding carboxylic acids is 1. The van der Waals surface area contributed by atoms with E-state index in [1.54, 1.807) is 0 Å². The number of carbonyl (C=O) groups is 1. The van der Waals surface area contributed by atoms with Crippen molar-refractivity contribution < 1.29 is 18.3 Å². The average molecular weight is 254 g/mol. The Hall–Kier alpha value is -2.51. The highest BCUT2D eigenvalue weighted by Gasteiger charge is 2.08. The van der Waals surface area contributed by atoms with Gasteiger partial charge in [-0.1, -0.05) is 5.21 Å². The first-order chi connectivity index (χ1) is 8.56. The van der Waals surface area contributed by atoms with E-state index in [2.05, 4.69) is 15.0 Å². The second-order valence-corrected chi connectivity index (χ2v) is 3.29. The lowest BCUT2D eigenvalue weighted by Crippen LogP contribution is -2.11. The highest BCUT2D eigenvalue weighted by Crippen LogP contribution is 2.16. The zero-order valence-electron chi connectivity index (χ0n) is 8.96. The summed E-state index contributed by atoms with van der Waals surface area (Å²) in [4.78, 5) is 10.8.